The summed E-state index contributed by atoms with van der Waals surface area (Å²) >= 11 is 1.97. The Hall–Kier alpha value is -0.470. The Morgan fingerprint density at radius 2 is 2.07 bits per heavy atom. The van der Waals surface area contributed by atoms with E-state index in [2.05, 4.69) is 36.5 Å². The zero-order chi connectivity index (χ0) is 10.2. The molecule has 0 saturated carbocycles. The van der Waals surface area contributed by atoms with Crippen LogP contribution >= 0.6 is 11.8 Å². The second-order valence-corrected chi connectivity index (χ2v) is 4.48. The van der Waals surface area contributed by atoms with Gasteiger partial charge in [-0.05, 0) is 30.9 Å². The minimum Gasteiger partial charge on any atom is -0.316 e. The van der Waals surface area contributed by atoms with Crippen LogP contribution in [0.4, 0.5) is 0 Å². The number of benzene rings is 1. The van der Waals surface area contributed by atoms with Crippen molar-refractivity contribution in [3.05, 3.63) is 29.8 Å². The van der Waals surface area contributed by atoms with Gasteiger partial charge in [0, 0.05) is 11.4 Å². The maximum absolute atomic E-state index is 3.20. The molecule has 1 aromatic carbocycles. The summed E-state index contributed by atoms with van der Waals surface area (Å²) < 4.78 is 0. The third-order valence-corrected chi connectivity index (χ3v) is 3.30. The number of unbranched alkanes of at least 4 members (excludes halogenated alkanes) is 1. The van der Waals surface area contributed by atoms with Crippen LogP contribution in [0.1, 0.15) is 25.3 Å². The fourth-order valence-corrected chi connectivity index (χ4v) is 2.46. The lowest BCUT2D eigenvalue weighted by Crippen LogP contribution is -2.05. The van der Waals surface area contributed by atoms with Crippen LogP contribution in [0.2, 0.25) is 0 Å². The number of hydrogen-bond acceptors (Lipinski definition) is 2. The first kappa shape index (κ1) is 11.6. The zero-order valence-corrected chi connectivity index (χ0v) is 9.86. The summed E-state index contributed by atoms with van der Waals surface area (Å²) in [6.45, 7) is 3.20. The van der Waals surface area contributed by atoms with Gasteiger partial charge >= 0.3 is 0 Å². The van der Waals surface area contributed by atoms with E-state index in [1.807, 2.05) is 18.8 Å². The number of nitrogens with one attached hydrogen (secondary N) is 1. The van der Waals surface area contributed by atoms with Crippen LogP contribution in [0.3, 0.4) is 0 Å². The van der Waals surface area contributed by atoms with Gasteiger partial charge in [0.15, 0.2) is 0 Å². The van der Waals surface area contributed by atoms with Crippen LogP contribution in [0.25, 0.3) is 0 Å². The molecule has 0 atom stereocenters. The summed E-state index contributed by atoms with van der Waals surface area (Å²) in [5.74, 6) is 1.23. The summed E-state index contributed by atoms with van der Waals surface area (Å²) in [5, 5.41) is 3.20. The molecule has 14 heavy (non-hydrogen) atoms. The molecule has 0 aliphatic heterocycles. The highest BCUT2D eigenvalue weighted by Crippen LogP contribution is 2.23. The summed E-state index contributed by atoms with van der Waals surface area (Å²) in [6, 6.07) is 8.64. The Morgan fingerprint density at radius 3 is 2.79 bits per heavy atom. The lowest BCUT2D eigenvalue weighted by molar-refractivity contribution is 0.803. The third-order valence-electron chi connectivity index (χ3n) is 2.10. The maximum Gasteiger partial charge on any atom is 0.0213 e. The minimum absolute atomic E-state index is 0.968. The van der Waals surface area contributed by atoms with E-state index < -0.39 is 0 Å². The van der Waals surface area contributed by atoms with Gasteiger partial charge in [0.2, 0.25) is 0 Å². The second-order valence-electron chi connectivity index (χ2n) is 3.34. The topological polar surface area (TPSA) is 12.0 Å². The molecule has 1 aromatic rings. The Balaban J connectivity index is 2.55. The van der Waals surface area contributed by atoms with Gasteiger partial charge in [-0.2, -0.15) is 0 Å². The molecule has 0 aliphatic rings. The summed E-state index contributed by atoms with van der Waals surface area (Å²) in [5.41, 5.74) is 1.41. The van der Waals surface area contributed by atoms with Gasteiger partial charge in [0.25, 0.3) is 0 Å². The fraction of sp³-hybridized carbons (Fsp3) is 0.500. The van der Waals surface area contributed by atoms with Gasteiger partial charge in [-0.1, -0.05) is 31.5 Å². The Kier molecular flexibility index (Phi) is 5.72. The molecule has 0 unspecified atom stereocenters. The number of hydrogen-bond donors (Lipinski definition) is 1. The molecule has 0 amide bonds. The van der Waals surface area contributed by atoms with Gasteiger partial charge in [-0.25, -0.2) is 0 Å². The lowest BCUT2D eigenvalue weighted by Gasteiger charge is -2.07. The first-order valence-corrected chi connectivity index (χ1v) is 6.22. The molecule has 0 spiro atoms. The molecular weight excluding hydrogens is 190 g/mol. The number of rotatable bonds is 6. The van der Waals surface area contributed by atoms with Crippen molar-refractivity contribution < 1.29 is 0 Å². The molecule has 0 radical (unpaired) electrons. The standard InChI is InChI=1S/C12H19NS/c1-3-4-9-14-12-8-6-5-7-11(12)10-13-2/h5-8,13H,3-4,9-10H2,1-2H3. The van der Waals surface area contributed by atoms with Crippen molar-refractivity contribution in [3.63, 3.8) is 0 Å². The summed E-state index contributed by atoms with van der Waals surface area (Å²) in [7, 11) is 1.99. The number of thioether (sulfide) groups is 1. The van der Waals surface area contributed by atoms with Gasteiger partial charge in [0.1, 0.15) is 0 Å². The van der Waals surface area contributed by atoms with Crippen LogP contribution in [0.5, 0.6) is 0 Å². The fourth-order valence-electron chi connectivity index (χ4n) is 1.31. The summed E-state index contributed by atoms with van der Waals surface area (Å²) in [4.78, 5) is 1.43. The normalized spacial score (nSPS) is 10.4. The zero-order valence-electron chi connectivity index (χ0n) is 9.05. The average molecular weight is 209 g/mol. The molecule has 78 valence electrons. The minimum atomic E-state index is 0.968. The molecule has 0 bridgehead atoms. The predicted octanol–water partition coefficient (Wildman–Crippen LogP) is 3.30. The van der Waals surface area contributed by atoms with Gasteiger partial charge in [-0.3, -0.25) is 0 Å². The molecule has 0 saturated heterocycles. The molecule has 0 heterocycles. The van der Waals surface area contributed by atoms with E-state index in [1.54, 1.807) is 0 Å². The molecule has 1 rings (SSSR count). The van der Waals surface area contributed by atoms with Crippen LogP contribution < -0.4 is 5.32 Å². The van der Waals surface area contributed by atoms with E-state index in [0.717, 1.165) is 6.54 Å². The van der Waals surface area contributed by atoms with Crippen molar-refractivity contribution in [2.24, 2.45) is 0 Å². The van der Waals surface area contributed by atoms with Crippen molar-refractivity contribution in [1.29, 1.82) is 0 Å². The SMILES string of the molecule is CCCCSc1ccccc1CNC. The highest BCUT2D eigenvalue weighted by atomic mass is 32.2. The molecule has 1 N–H and O–H groups in total. The van der Waals surface area contributed by atoms with Crippen LogP contribution in [-0.4, -0.2) is 12.8 Å². The second kappa shape index (κ2) is 6.91. The first-order valence-electron chi connectivity index (χ1n) is 5.23. The van der Waals surface area contributed by atoms with Gasteiger partial charge in [-0.15, -0.1) is 11.8 Å². The van der Waals surface area contributed by atoms with Crippen molar-refractivity contribution in [3.8, 4) is 0 Å². The van der Waals surface area contributed by atoms with Crippen molar-refractivity contribution in [2.45, 2.75) is 31.2 Å². The molecule has 2 heteroatoms. The molecule has 0 aromatic heterocycles. The molecule has 0 aliphatic carbocycles. The Morgan fingerprint density at radius 1 is 1.29 bits per heavy atom. The largest absolute Gasteiger partial charge is 0.316 e. The molecule has 0 fully saturated rings. The van der Waals surface area contributed by atoms with E-state index in [4.69, 9.17) is 0 Å². The van der Waals surface area contributed by atoms with Gasteiger partial charge < -0.3 is 5.32 Å². The monoisotopic (exact) mass is 209 g/mol. The quantitative estimate of drug-likeness (QED) is 0.570. The summed E-state index contributed by atoms with van der Waals surface area (Å²) in [6.07, 6.45) is 2.58. The van der Waals surface area contributed by atoms with E-state index in [9.17, 15) is 0 Å². The smallest absolute Gasteiger partial charge is 0.0213 e. The van der Waals surface area contributed by atoms with Crippen LogP contribution in [0.15, 0.2) is 29.2 Å². The Bertz CT molecular complexity index is 260. The van der Waals surface area contributed by atoms with Gasteiger partial charge in [0.05, 0.1) is 0 Å². The molecular formula is C12H19NS. The highest BCUT2D eigenvalue weighted by molar-refractivity contribution is 7.99. The van der Waals surface area contributed by atoms with E-state index >= 15 is 0 Å². The Labute approximate surface area is 91.3 Å². The van der Waals surface area contributed by atoms with Crippen LogP contribution in [-0.2, 0) is 6.54 Å². The lowest BCUT2D eigenvalue weighted by atomic mass is 10.2. The van der Waals surface area contributed by atoms with E-state index in [-0.39, 0.29) is 0 Å². The van der Waals surface area contributed by atoms with E-state index in [1.165, 1.54) is 29.1 Å². The van der Waals surface area contributed by atoms with Crippen molar-refractivity contribution in [1.82, 2.24) is 5.32 Å². The maximum atomic E-state index is 3.20. The van der Waals surface area contributed by atoms with E-state index in [0.29, 0.717) is 0 Å². The molecule has 1 nitrogen and oxygen atoms in total. The average Bonchev–Trinajstić information content (AvgIpc) is 2.21. The first-order chi connectivity index (χ1) is 6.88. The highest BCUT2D eigenvalue weighted by Gasteiger charge is 2.00. The van der Waals surface area contributed by atoms with Crippen molar-refractivity contribution >= 4 is 11.8 Å². The predicted molar refractivity (Wildman–Crippen MR) is 64.8 cm³/mol. The van der Waals surface area contributed by atoms with Crippen LogP contribution in [0, 0.1) is 0 Å². The third kappa shape index (κ3) is 3.72. The van der Waals surface area contributed by atoms with Crippen molar-refractivity contribution in [2.75, 3.05) is 12.8 Å².